The number of ether oxygens (including phenoxy) is 1. The second-order valence-electron chi connectivity index (χ2n) is 4.51. The van der Waals surface area contributed by atoms with Gasteiger partial charge in [0.1, 0.15) is 18.2 Å². The molecular weight excluding hydrogens is 323 g/mol. The van der Waals surface area contributed by atoms with Crippen molar-refractivity contribution >= 4 is 21.7 Å². The number of hydrogen-bond acceptors (Lipinski definition) is 2. The minimum atomic E-state index is -0.362. The largest absolute Gasteiger partial charge is 0.486 e. The standard InChI is InChI=1S/C16H14BrFO2/c1-11-6-7-13(17)9-16(11)20-10-14(19)8-12-4-2-3-5-15(12)18/h2-7,9H,8,10H2,1H3. The van der Waals surface area contributed by atoms with Gasteiger partial charge in [0.05, 0.1) is 0 Å². The van der Waals surface area contributed by atoms with E-state index < -0.39 is 0 Å². The van der Waals surface area contributed by atoms with E-state index in [-0.39, 0.29) is 24.6 Å². The number of aryl methyl sites for hydroxylation is 1. The molecule has 4 heteroatoms. The number of ketones is 1. The maximum absolute atomic E-state index is 13.4. The molecule has 0 unspecified atom stereocenters. The average molecular weight is 337 g/mol. The second-order valence-corrected chi connectivity index (χ2v) is 5.42. The summed E-state index contributed by atoms with van der Waals surface area (Å²) < 4.78 is 19.8. The van der Waals surface area contributed by atoms with Crippen LogP contribution in [-0.2, 0) is 11.2 Å². The van der Waals surface area contributed by atoms with Gasteiger partial charge in [-0.2, -0.15) is 0 Å². The Kier molecular flexibility index (Phi) is 4.90. The molecule has 2 rings (SSSR count). The molecule has 20 heavy (non-hydrogen) atoms. The maximum atomic E-state index is 13.4. The normalized spacial score (nSPS) is 10.3. The fourth-order valence-electron chi connectivity index (χ4n) is 1.79. The third-order valence-electron chi connectivity index (χ3n) is 2.88. The summed E-state index contributed by atoms with van der Waals surface area (Å²) in [4.78, 5) is 11.8. The van der Waals surface area contributed by atoms with Gasteiger partial charge < -0.3 is 4.74 Å². The minimum absolute atomic E-state index is 0.0414. The van der Waals surface area contributed by atoms with E-state index in [2.05, 4.69) is 15.9 Å². The van der Waals surface area contributed by atoms with Crippen LogP contribution in [0.15, 0.2) is 46.9 Å². The van der Waals surface area contributed by atoms with Crippen LogP contribution in [0.25, 0.3) is 0 Å². The van der Waals surface area contributed by atoms with Crippen LogP contribution in [0.5, 0.6) is 5.75 Å². The van der Waals surface area contributed by atoms with E-state index in [1.165, 1.54) is 6.07 Å². The zero-order valence-electron chi connectivity index (χ0n) is 11.0. The summed E-state index contributed by atoms with van der Waals surface area (Å²) in [5.74, 6) is 0.134. The molecular formula is C16H14BrFO2. The van der Waals surface area contributed by atoms with E-state index >= 15 is 0 Å². The highest BCUT2D eigenvalue weighted by atomic mass is 79.9. The third kappa shape index (κ3) is 3.90. The van der Waals surface area contributed by atoms with Gasteiger partial charge in [-0.1, -0.05) is 40.2 Å². The number of halogens is 2. The molecule has 0 aromatic heterocycles. The Hall–Kier alpha value is -1.68. The van der Waals surface area contributed by atoms with Gasteiger partial charge in [-0.25, -0.2) is 4.39 Å². The number of hydrogen-bond donors (Lipinski definition) is 0. The number of carbonyl (C=O) groups is 1. The highest BCUT2D eigenvalue weighted by Crippen LogP contribution is 2.22. The Bertz CT molecular complexity index is 626. The summed E-state index contributed by atoms with van der Waals surface area (Å²) in [6, 6.07) is 11.9. The molecule has 0 aliphatic carbocycles. The first-order valence-electron chi connectivity index (χ1n) is 6.20. The molecule has 0 fully saturated rings. The second kappa shape index (κ2) is 6.66. The SMILES string of the molecule is Cc1ccc(Br)cc1OCC(=O)Cc1ccccc1F. The van der Waals surface area contributed by atoms with Crippen LogP contribution in [0.3, 0.4) is 0 Å². The smallest absolute Gasteiger partial charge is 0.174 e. The van der Waals surface area contributed by atoms with E-state index in [9.17, 15) is 9.18 Å². The summed E-state index contributed by atoms with van der Waals surface area (Å²) in [7, 11) is 0. The summed E-state index contributed by atoms with van der Waals surface area (Å²) in [6.45, 7) is 1.84. The Morgan fingerprint density at radius 3 is 2.75 bits per heavy atom. The van der Waals surface area contributed by atoms with Crippen LogP contribution < -0.4 is 4.74 Å². The lowest BCUT2D eigenvalue weighted by atomic mass is 10.1. The van der Waals surface area contributed by atoms with Crippen molar-refractivity contribution in [2.45, 2.75) is 13.3 Å². The Labute approximate surface area is 125 Å². The van der Waals surface area contributed by atoms with Gasteiger partial charge in [0.2, 0.25) is 0 Å². The maximum Gasteiger partial charge on any atom is 0.174 e. The predicted octanol–water partition coefficient (Wildman–Crippen LogP) is 4.09. The number of benzene rings is 2. The van der Waals surface area contributed by atoms with E-state index in [0.717, 1.165) is 10.0 Å². The molecule has 0 saturated heterocycles. The van der Waals surface area contributed by atoms with Crippen molar-refractivity contribution in [3.05, 3.63) is 63.9 Å². The average Bonchev–Trinajstić information content (AvgIpc) is 2.42. The van der Waals surface area contributed by atoms with E-state index in [0.29, 0.717) is 11.3 Å². The lowest BCUT2D eigenvalue weighted by molar-refractivity contribution is -0.120. The van der Waals surface area contributed by atoms with Crippen LogP contribution in [0.4, 0.5) is 4.39 Å². The molecule has 0 spiro atoms. The van der Waals surface area contributed by atoms with Gasteiger partial charge in [0.15, 0.2) is 5.78 Å². The molecule has 0 amide bonds. The molecule has 0 saturated carbocycles. The van der Waals surface area contributed by atoms with E-state index in [1.807, 2.05) is 25.1 Å². The van der Waals surface area contributed by atoms with Crippen LogP contribution >= 0.6 is 15.9 Å². The fourth-order valence-corrected chi connectivity index (χ4v) is 2.13. The van der Waals surface area contributed by atoms with Crippen LogP contribution in [0, 0.1) is 12.7 Å². The van der Waals surface area contributed by atoms with E-state index in [4.69, 9.17) is 4.74 Å². The van der Waals surface area contributed by atoms with Crippen LogP contribution in [0.2, 0.25) is 0 Å². The van der Waals surface area contributed by atoms with Crippen molar-refractivity contribution in [3.8, 4) is 5.75 Å². The van der Waals surface area contributed by atoms with Crippen LogP contribution in [0.1, 0.15) is 11.1 Å². The predicted molar refractivity (Wildman–Crippen MR) is 79.5 cm³/mol. The van der Waals surface area contributed by atoms with E-state index in [1.54, 1.807) is 18.2 Å². The molecule has 2 nitrogen and oxygen atoms in total. The van der Waals surface area contributed by atoms with Gasteiger partial charge in [0.25, 0.3) is 0 Å². The first-order valence-corrected chi connectivity index (χ1v) is 6.99. The molecule has 104 valence electrons. The first kappa shape index (κ1) is 14.7. The third-order valence-corrected chi connectivity index (χ3v) is 3.38. The van der Waals surface area contributed by atoms with Gasteiger partial charge in [-0.05, 0) is 36.2 Å². The molecule has 0 radical (unpaired) electrons. The monoisotopic (exact) mass is 336 g/mol. The molecule has 2 aromatic rings. The number of rotatable bonds is 5. The van der Waals surface area contributed by atoms with Gasteiger partial charge >= 0.3 is 0 Å². The zero-order chi connectivity index (χ0) is 14.5. The molecule has 0 heterocycles. The Morgan fingerprint density at radius 2 is 2.00 bits per heavy atom. The minimum Gasteiger partial charge on any atom is -0.486 e. The van der Waals surface area contributed by atoms with Crippen LogP contribution in [-0.4, -0.2) is 12.4 Å². The zero-order valence-corrected chi connectivity index (χ0v) is 12.6. The van der Waals surface area contributed by atoms with Gasteiger partial charge in [0, 0.05) is 10.9 Å². The van der Waals surface area contributed by atoms with Gasteiger partial charge in [-0.15, -0.1) is 0 Å². The quantitative estimate of drug-likeness (QED) is 0.822. The van der Waals surface area contributed by atoms with Gasteiger partial charge in [-0.3, -0.25) is 4.79 Å². The fraction of sp³-hybridized carbons (Fsp3) is 0.188. The summed E-state index contributed by atoms with van der Waals surface area (Å²) >= 11 is 3.35. The lowest BCUT2D eigenvalue weighted by Crippen LogP contribution is -2.15. The molecule has 2 aromatic carbocycles. The highest BCUT2D eigenvalue weighted by molar-refractivity contribution is 9.10. The number of carbonyl (C=O) groups excluding carboxylic acids is 1. The molecule has 0 bridgehead atoms. The Balaban J connectivity index is 1.96. The highest BCUT2D eigenvalue weighted by Gasteiger charge is 2.09. The number of Topliss-reactive ketones (excluding diaryl/α,β-unsaturated/α-hetero) is 1. The summed E-state index contributed by atoms with van der Waals surface area (Å²) in [6.07, 6.45) is 0.0414. The first-order chi connectivity index (χ1) is 9.56. The van der Waals surface area contributed by atoms with Crippen molar-refractivity contribution < 1.29 is 13.9 Å². The summed E-state index contributed by atoms with van der Waals surface area (Å²) in [5.41, 5.74) is 1.35. The molecule has 0 aliphatic heterocycles. The van der Waals surface area contributed by atoms with Crippen molar-refractivity contribution in [2.24, 2.45) is 0 Å². The topological polar surface area (TPSA) is 26.3 Å². The molecule has 0 aliphatic rings. The van der Waals surface area contributed by atoms with Crippen molar-refractivity contribution in [1.82, 2.24) is 0 Å². The molecule has 0 N–H and O–H groups in total. The Morgan fingerprint density at radius 1 is 1.25 bits per heavy atom. The summed E-state index contributed by atoms with van der Waals surface area (Å²) in [5, 5.41) is 0. The van der Waals surface area contributed by atoms with Crippen molar-refractivity contribution in [2.75, 3.05) is 6.61 Å². The van der Waals surface area contributed by atoms with Crippen molar-refractivity contribution in [1.29, 1.82) is 0 Å². The lowest BCUT2D eigenvalue weighted by Gasteiger charge is -2.09. The van der Waals surface area contributed by atoms with Crippen molar-refractivity contribution in [3.63, 3.8) is 0 Å². The molecule has 0 atom stereocenters.